The highest BCUT2D eigenvalue weighted by Gasteiger charge is 2.43. The molecule has 0 amide bonds. The molecule has 1 aliphatic heterocycles. The van der Waals surface area contributed by atoms with Gasteiger partial charge in [-0.2, -0.15) is 0 Å². The van der Waals surface area contributed by atoms with E-state index in [9.17, 15) is 14.4 Å². The number of Topliss-reactive ketones (excluding diaryl/α,β-unsaturated/α-hetero) is 1. The fraction of sp³-hybridized carbons (Fsp3) is 0.0500. The average Bonchev–Trinajstić information content (AvgIpc) is 2.93. The number of rotatable bonds is 1. The summed E-state index contributed by atoms with van der Waals surface area (Å²) in [6, 6.07) is 12.1. The predicted octanol–water partition coefficient (Wildman–Crippen LogP) is 3.54. The van der Waals surface area contributed by atoms with Gasteiger partial charge in [-0.1, -0.05) is 53.5 Å². The summed E-state index contributed by atoms with van der Waals surface area (Å²) < 4.78 is 0. The van der Waals surface area contributed by atoms with Gasteiger partial charge in [0.15, 0.2) is 5.78 Å². The van der Waals surface area contributed by atoms with Gasteiger partial charge in [0.2, 0.25) is 0 Å². The predicted molar refractivity (Wildman–Crippen MR) is 107 cm³/mol. The van der Waals surface area contributed by atoms with Crippen molar-refractivity contribution in [2.75, 3.05) is 5.32 Å². The van der Waals surface area contributed by atoms with Crippen molar-refractivity contribution in [3.63, 3.8) is 0 Å². The fourth-order valence-electron chi connectivity index (χ4n) is 3.93. The van der Waals surface area contributed by atoms with Crippen molar-refractivity contribution >= 4 is 40.5 Å². The zero-order chi connectivity index (χ0) is 19.6. The van der Waals surface area contributed by atoms with Gasteiger partial charge in [0.05, 0.1) is 17.2 Å². The molecule has 0 bridgehead atoms. The lowest BCUT2D eigenvalue weighted by Crippen LogP contribution is -2.33. The minimum Gasteiger partial charge on any atom is -0.340 e. The van der Waals surface area contributed by atoms with Gasteiger partial charge in [-0.25, -0.2) is 4.79 Å². The molecule has 2 heterocycles. The number of carbonyl (C=O) groups excluding carboxylic acids is 1. The number of hydrogen-bond donors (Lipinski definition) is 3. The van der Waals surface area contributed by atoms with Crippen LogP contribution in [0.1, 0.15) is 33.0 Å². The molecule has 1 unspecified atom stereocenters. The van der Waals surface area contributed by atoms with Gasteiger partial charge in [-0.05, 0) is 12.1 Å². The minimum absolute atomic E-state index is 0.189. The van der Waals surface area contributed by atoms with Gasteiger partial charge < -0.3 is 5.32 Å². The molecule has 138 valence electrons. The molecule has 0 saturated carbocycles. The molecule has 28 heavy (non-hydrogen) atoms. The van der Waals surface area contributed by atoms with Gasteiger partial charge in [0.1, 0.15) is 5.82 Å². The summed E-state index contributed by atoms with van der Waals surface area (Å²) in [6.07, 6.45) is 0. The molecule has 3 N–H and O–H groups in total. The number of nitrogens with one attached hydrogen (secondary N) is 3. The average molecular weight is 412 g/mol. The first-order chi connectivity index (χ1) is 13.5. The van der Waals surface area contributed by atoms with Crippen molar-refractivity contribution in [2.24, 2.45) is 0 Å². The van der Waals surface area contributed by atoms with Crippen LogP contribution in [0.4, 0.5) is 5.82 Å². The van der Waals surface area contributed by atoms with E-state index in [0.29, 0.717) is 38.0 Å². The Morgan fingerprint density at radius 2 is 1.46 bits per heavy atom. The van der Waals surface area contributed by atoms with Gasteiger partial charge in [-0.15, -0.1) is 0 Å². The summed E-state index contributed by atoms with van der Waals surface area (Å²) in [6.45, 7) is 0. The summed E-state index contributed by atoms with van der Waals surface area (Å²) >= 11 is 12.9. The van der Waals surface area contributed by atoms with Crippen molar-refractivity contribution in [3.05, 3.63) is 101 Å². The van der Waals surface area contributed by atoms with E-state index in [1.807, 2.05) is 12.1 Å². The van der Waals surface area contributed by atoms with E-state index in [4.69, 9.17) is 23.2 Å². The third kappa shape index (κ3) is 2.25. The summed E-state index contributed by atoms with van der Waals surface area (Å²) in [4.78, 5) is 42.7. The van der Waals surface area contributed by atoms with E-state index in [2.05, 4.69) is 15.3 Å². The maximum Gasteiger partial charge on any atom is 0.327 e. The van der Waals surface area contributed by atoms with E-state index in [0.717, 1.165) is 0 Å². The molecule has 5 rings (SSSR count). The second kappa shape index (κ2) is 5.95. The Morgan fingerprint density at radius 3 is 2.18 bits per heavy atom. The Hall–Kier alpha value is -3.09. The summed E-state index contributed by atoms with van der Waals surface area (Å²) in [7, 11) is 0. The van der Waals surface area contributed by atoms with E-state index in [1.165, 1.54) is 0 Å². The van der Waals surface area contributed by atoms with Crippen molar-refractivity contribution in [3.8, 4) is 0 Å². The molecule has 1 aromatic heterocycles. The normalized spacial score (nSPS) is 17.1. The van der Waals surface area contributed by atoms with Crippen LogP contribution in [-0.2, 0) is 0 Å². The van der Waals surface area contributed by atoms with Crippen molar-refractivity contribution < 1.29 is 4.79 Å². The summed E-state index contributed by atoms with van der Waals surface area (Å²) in [5, 5.41) is 3.71. The number of H-pyrrole nitrogens is 2. The molecular weight excluding hydrogens is 401 g/mol. The molecule has 2 aromatic carbocycles. The number of benzene rings is 2. The Kier molecular flexibility index (Phi) is 3.62. The molecule has 0 saturated heterocycles. The molecule has 1 atom stereocenters. The van der Waals surface area contributed by atoms with Crippen LogP contribution in [-0.4, -0.2) is 15.8 Å². The highest BCUT2D eigenvalue weighted by atomic mass is 35.5. The van der Waals surface area contributed by atoms with Gasteiger partial charge in [-0.3, -0.25) is 19.6 Å². The van der Waals surface area contributed by atoms with Crippen LogP contribution in [0.3, 0.4) is 0 Å². The lowest BCUT2D eigenvalue weighted by molar-refractivity contribution is 0.103. The Morgan fingerprint density at radius 1 is 0.786 bits per heavy atom. The van der Waals surface area contributed by atoms with Crippen LogP contribution in [0.25, 0.3) is 5.70 Å². The van der Waals surface area contributed by atoms with Crippen LogP contribution < -0.4 is 16.6 Å². The molecule has 8 heteroatoms. The number of aromatic nitrogens is 2. The molecule has 0 fully saturated rings. The number of aromatic amines is 2. The lowest BCUT2D eigenvalue weighted by Gasteiger charge is -2.28. The third-order valence-corrected chi connectivity index (χ3v) is 5.71. The molecule has 1 aliphatic carbocycles. The molecule has 3 aromatic rings. The SMILES string of the molecule is O=C1C2=C(Nc3[nH]c(=O)[nH]c(=O)c3C2c2c(Cl)cccc2Cl)c2ccccc21. The molecule has 0 radical (unpaired) electrons. The standard InChI is InChI=1S/C20H11Cl2N3O3/c21-10-6-3-7-11(22)12(10)13-14-16(8-4-1-2-5-9(8)17(14)26)23-18-15(13)19(27)25-20(28)24-18/h1-7,13H,(H3,23,24,25,27,28). The summed E-state index contributed by atoms with van der Waals surface area (Å²) in [5.41, 5.74) is 1.50. The Labute approximate surface area is 167 Å². The second-order valence-electron chi connectivity index (χ2n) is 6.55. The largest absolute Gasteiger partial charge is 0.340 e. The van der Waals surface area contributed by atoms with Crippen molar-refractivity contribution in [1.29, 1.82) is 0 Å². The topological polar surface area (TPSA) is 94.8 Å². The minimum atomic E-state index is -0.826. The van der Waals surface area contributed by atoms with E-state index in [1.54, 1.807) is 30.3 Å². The fourth-order valence-corrected chi connectivity index (χ4v) is 4.54. The van der Waals surface area contributed by atoms with Crippen LogP contribution in [0.15, 0.2) is 57.6 Å². The third-order valence-electron chi connectivity index (χ3n) is 5.05. The number of fused-ring (bicyclic) bond motifs is 3. The number of anilines is 1. The molecule has 2 aliphatic rings. The van der Waals surface area contributed by atoms with Crippen LogP contribution >= 0.6 is 23.2 Å². The first-order valence-electron chi connectivity index (χ1n) is 8.43. The molecule has 6 nitrogen and oxygen atoms in total. The maximum absolute atomic E-state index is 13.3. The number of ketones is 1. The molecule has 0 spiro atoms. The molecular formula is C20H11Cl2N3O3. The van der Waals surface area contributed by atoms with Gasteiger partial charge in [0.25, 0.3) is 5.56 Å². The lowest BCUT2D eigenvalue weighted by atomic mass is 9.81. The second-order valence-corrected chi connectivity index (χ2v) is 7.37. The Balaban J connectivity index is 1.90. The number of carbonyl (C=O) groups is 1. The quantitative estimate of drug-likeness (QED) is 0.570. The van der Waals surface area contributed by atoms with Crippen LogP contribution in [0.5, 0.6) is 0 Å². The number of halogens is 2. The number of allylic oxidation sites excluding steroid dienone is 1. The van der Waals surface area contributed by atoms with Gasteiger partial charge in [0, 0.05) is 32.3 Å². The van der Waals surface area contributed by atoms with E-state index >= 15 is 0 Å². The highest BCUT2D eigenvalue weighted by Crippen LogP contribution is 2.50. The summed E-state index contributed by atoms with van der Waals surface area (Å²) in [5.74, 6) is -0.818. The van der Waals surface area contributed by atoms with E-state index < -0.39 is 17.2 Å². The zero-order valence-electron chi connectivity index (χ0n) is 14.1. The van der Waals surface area contributed by atoms with Crippen molar-refractivity contribution in [1.82, 2.24) is 9.97 Å². The maximum atomic E-state index is 13.3. The smallest absolute Gasteiger partial charge is 0.327 e. The van der Waals surface area contributed by atoms with Gasteiger partial charge >= 0.3 is 5.69 Å². The monoisotopic (exact) mass is 411 g/mol. The van der Waals surface area contributed by atoms with Crippen molar-refractivity contribution in [2.45, 2.75) is 5.92 Å². The number of hydrogen-bond acceptors (Lipinski definition) is 4. The first-order valence-corrected chi connectivity index (χ1v) is 9.18. The Bertz CT molecular complexity index is 1320. The first kappa shape index (κ1) is 17.0. The van der Waals surface area contributed by atoms with Crippen LogP contribution in [0.2, 0.25) is 10.0 Å². The zero-order valence-corrected chi connectivity index (χ0v) is 15.6. The van der Waals surface area contributed by atoms with Crippen LogP contribution in [0, 0.1) is 0 Å². The highest BCUT2D eigenvalue weighted by molar-refractivity contribution is 6.36. The van der Waals surface area contributed by atoms with E-state index in [-0.39, 0.29) is 17.2 Å².